The molecule has 1 amide bonds. The van der Waals surface area contributed by atoms with Crippen molar-refractivity contribution < 1.29 is 9.53 Å². The highest BCUT2D eigenvalue weighted by molar-refractivity contribution is 9.10. The minimum absolute atomic E-state index is 0.148. The highest BCUT2D eigenvalue weighted by Crippen LogP contribution is 2.15. The Morgan fingerprint density at radius 2 is 2.05 bits per heavy atom. The van der Waals surface area contributed by atoms with Crippen LogP contribution in [-0.2, 0) is 0 Å². The number of rotatable bonds is 3. The number of carbonyl (C=O) groups excluding carboxylic acids is 1. The molecule has 2 aromatic rings. The van der Waals surface area contributed by atoms with Crippen molar-refractivity contribution in [3.63, 3.8) is 0 Å². The molecule has 106 valence electrons. The van der Waals surface area contributed by atoms with Crippen molar-refractivity contribution in [2.75, 3.05) is 13.7 Å². The van der Waals surface area contributed by atoms with Gasteiger partial charge in [0.15, 0.2) is 0 Å². The van der Waals surface area contributed by atoms with Gasteiger partial charge < -0.3 is 10.1 Å². The summed E-state index contributed by atoms with van der Waals surface area (Å²) in [6, 6.07) is 14.7. The first-order chi connectivity index (χ1) is 10.2. The van der Waals surface area contributed by atoms with Gasteiger partial charge in [-0.3, -0.25) is 4.79 Å². The predicted molar refractivity (Wildman–Crippen MR) is 86.3 cm³/mol. The Kier molecular flexibility index (Phi) is 5.42. The topological polar surface area (TPSA) is 38.3 Å². The molecule has 0 spiro atoms. The third kappa shape index (κ3) is 4.37. The van der Waals surface area contributed by atoms with Crippen LogP contribution in [0, 0.1) is 11.8 Å². The average Bonchev–Trinajstić information content (AvgIpc) is 2.51. The third-order valence-electron chi connectivity index (χ3n) is 2.75. The summed E-state index contributed by atoms with van der Waals surface area (Å²) < 4.78 is 6.08. The summed E-state index contributed by atoms with van der Waals surface area (Å²) in [5.41, 5.74) is 1.40. The van der Waals surface area contributed by atoms with Gasteiger partial charge in [-0.1, -0.05) is 46.0 Å². The van der Waals surface area contributed by atoms with Gasteiger partial charge in [0.1, 0.15) is 5.75 Å². The smallest absolute Gasteiger partial charge is 0.252 e. The monoisotopic (exact) mass is 343 g/mol. The SMILES string of the molecule is COc1ccccc1C#CCNC(=O)c1cccc(Br)c1. The van der Waals surface area contributed by atoms with Gasteiger partial charge in [-0.2, -0.15) is 0 Å². The molecule has 0 aliphatic rings. The minimum atomic E-state index is -0.148. The molecule has 2 rings (SSSR count). The summed E-state index contributed by atoms with van der Waals surface area (Å²) in [5, 5.41) is 2.76. The van der Waals surface area contributed by atoms with Gasteiger partial charge in [-0.25, -0.2) is 0 Å². The van der Waals surface area contributed by atoms with E-state index in [0.717, 1.165) is 15.8 Å². The number of halogens is 1. The number of methoxy groups -OCH3 is 1. The van der Waals surface area contributed by atoms with Gasteiger partial charge in [0, 0.05) is 10.0 Å². The largest absolute Gasteiger partial charge is 0.495 e. The van der Waals surface area contributed by atoms with Gasteiger partial charge in [0.2, 0.25) is 0 Å². The van der Waals surface area contributed by atoms with E-state index in [-0.39, 0.29) is 12.5 Å². The van der Waals surface area contributed by atoms with E-state index in [9.17, 15) is 4.79 Å². The molecule has 0 aliphatic heterocycles. The van der Waals surface area contributed by atoms with E-state index in [1.165, 1.54) is 0 Å². The fraction of sp³-hybridized carbons (Fsp3) is 0.118. The molecule has 0 bridgehead atoms. The molecule has 21 heavy (non-hydrogen) atoms. The number of ether oxygens (including phenoxy) is 1. The molecule has 2 aromatic carbocycles. The third-order valence-corrected chi connectivity index (χ3v) is 3.25. The van der Waals surface area contributed by atoms with E-state index in [2.05, 4.69) is 33.1 Å². The molecule has 0 saturated carbocycles. The summed E-state index contributed by atoms with van der Waals surface area (Å²) in [7, 11) is 1.61. The molecular formula is C17H14BrNO2. The van der Waals surface area contributed by atoms with Gasteiger partial charge in [0.05, 0.1) is 19.2 Å². The first-order valence-corrected chi connectivity index (χ1v) is 7.15. The highest BCUT2D eigenvalue weighted by Gasteiger charge is 2.03. The van der Waals surface area contributed by atoms with Crippen LogP contribution < -0.4 is 10.1 Å². The fourth-order valence-electron chi connectivity index (χ4n) is 1.74. The van der Waals surface area contributed by atoms with Crippen molar-refractivity contribution in [1.82, 2.24) is 5.32 Å². The van der Waals surface area contributed by atoms with E-state index >= 15 is 0 Å². The second kappa shape index (κ2) is 7.51. The summed E-state index contributed by atoms with van der Waals surface area (Å²) in [5.74, 6) is 6.48. The molecule has 0 radical (unpaired) electrons. The zero-order valence-electron chi connectivity index (χ0n) is 11.5. The second-order valence-corrected chi connectivity index (χ2v) is 5.11. The number of hydrogen-bond donors (Lipinski definition) is 1. The quantitative estimate of drug-likeness (QED) is 0.869. The van der Waals surface area contributed by atoms with Crippen molar-refractivity contribution in [1.29, 1.82) is 0 Å². The molecule has 0 saturated heterocycles. The lowest BCUT2D eigenvalue weighted by Gasteiger charge is -2.02. The number of carbonyl (C=O) groups is 1. The Bertz CT molecular complexity index is 701. The number of para-hydroxylation sites is 1. The molecule has 0 aromatic heterocycles. The molecule has 1 N–H and O–H groups in total. The summed E-state index contributed by atoms with van der Waals surface area (Å²) in [4.78, 5) is 11.9. The van der Waals surface area contributed by atoms with E-state index in [1.807, 2.05) is 36.4 Å². The normalized spacial score (nSPS) is 9.43. The minimum Gasteiger partial charge on any atom is -0.495 e. The van der Waals surface area contributed by atoms with Crippen LogP contribution in [0.15, 0.2) is 53.0 Å². The predicted octanol–water partition coefficient (Wildman–Crippen LogP) is 3.24. The fourth-order valence-corrected chi connectivity index (χ4v) is 2.14. The first kappa shape index (κ1) is 15.1. The lowest BCUT2D eigenvalue weighted by atomic mass is 10.2. The van der Waals surface area contributed by atoms with Gasteiger partial charge >= 0.3 is 0 Å². The van der Waals surface area contributed by atoms with E-state index in [4.69, 9.17) is 4.74 Å². The standard InChI is InChI=1S/C17H14BrNO2/c1-21-16-10-3-2-6-13(16)8-5-11-19-17(20)14-7-4-9-15(18)12-14/h2-4,6-7,9-10,12H,11H2,1H3,(H,19,20). The summed E-state index contributed by atoms with van der Waals surface area (Å²) in [6.07, 6.45) is 0. The van der Waals surface area contributed by atoms with Crippen LogP contribution >= 0.6 is 15.9 Å². The summed E-state index contributed by atoms with van der Waals surface area (Å²) in [6.45, 7) is 0.281. The van der Waals surface area contributed by atoms with Crippen LogP contribution in [0.3, 0.4) is 0 Å². The van der Waals surface area contributed by atoms with E-state index < -0.39 is 0 Å². The lowest BCUT2D eigenvalue weighted by molar-refractivity contribution is 0.0958. The van der Waals surface area contributed by atoms with Gasteiger partial charge in [0.25, 0.3) is 5.91 Å². The molecular weight excluding hydrogens is 330 g/mol. The van der Waals surface area contributed by atoms with Crippen molar-refractivity contribution in [3.8, 4) is 17.6 Å². The van der Waals surface area contributed by atoms with Crippen LogP contribution in [0.1, 0.15) is 15.9 Å². The zero-order chi connectivity index (χ0) is 15.1. The lowest BCUT2D eigenvalue weighted by Crippen LogP contribution is -2.23. The van der Waals surface area contributed by atoms with E-state index in [1.54, 1.807) is 19.2 Å². The van der Waals surface area contributed by atoms with Crippen LogP contribution in [0.2, 0.25) is 0 Å². The highest BCUT2D eigenvalue weighted by atomic mass is 79.9. The van der Waals surface area contributed by atoms with Crippen molar-refractivity contribution in [2.24, 2.45) is 0 Å². The molecule has 0 fully saturated rings. The molecule has 0 heterocycles. The van der Waals surface area contributed by atoms with Crippen LogP contribution in [0.4, 0.5) is 0 Å². The van der Waals surface area contributed by atoms with Crippen LogP contribution in [0.5, 0.6) is 5.75 Å². The Morgan fingerprint density at radius 1 is 1.24 bits per heavy atom. The molecule has 0 atom stereocenters. The van der Waals surface area contributed by atoms with Crippen molar-refractivity contribution in [2.45, 2.75) is 0 Å². The van der Waals surface area contributed by atoms with Crippen molar-refractivity contribution >= 4 is 21.8 Å². The maximum Gasteiger partial charge on any atom is 0.252 e. The van der Waals surface area contributed by atoms with Crippen LogP contribution in [0.25, 0.3) is 0 Å². The van der Waals surface area contributed by atoms with Gasteiger partial charge in [-0.15, -0.1) is 0 Å². The number of amides is 1. The Morgan fingerprint density at radius 3 is 2.81 bits per heavy atom. The number of nitrogens with one attached hydrogen (secondary N) is 1. The molecule has 0 unspecified atom stereocenters. The number of benzene rings is 2. The maximum absolute atomic E-state index is 11.9. The van der Waals surface area contributed by atoms with Gasteiger partial charge in [-0.05, 0) is 30.3 Å². The molecule has 4 heteroatoms. The van der Waals surface area contributed by atoms with Crippen LogP contribution in [-0.4, -0.2) is 19.6 Å². The Balaban J connectivity index is 1.96. The Hall–Kier alpha value is -2.25. The number of hydrogen-bond acceptors (Lipinski definition) is 2. The zero-order valence-corrected chi connectivity index (χ0v) is 13.1. The van der Waals surface area contributed by atoms with Crippen molar-refractivity contribution in [3.05, 3.63) is 64.1 Å². The van der Waals surface area contributed by atoms with E-state index in [0.29, 0.717) is 5.56 Å². The Labute approximate surface area is 132 Å². The molecule has 3 nitrogen and oxygen atoms in total. The molecule has 0 aliphatic carbocycles. The average molecular weight is 344 g/mol. The first-order valence-electron chi connectivity index (χ1n) is 6.36. The second-order valence-electron chi connectivity index (χ2n) is 4.20. The summed E-state index contributed by atoms with van der Waals surface area (Å²) >= 11 is 3.34. The maximum atomic E-state index is 11.9.